The van der Waals surface area contributed by atoms with Gasteiger partial charge in [-0.2, -0.15) is 0 Å². The number of nitrogens with zero attached hydrogens (tertiary/aromatic N) is 2. The molecule has 3 heteroatoms. The van der Waals surface area contributed by atoms with Gasteiger partial charge in [0.25, 0.3) is 0 Å². The summed E-state index contributed by atoms with van der Waals surface area (Å²) < 4.78 is 2.00. The molecule has 2 aromatic rings. The maximum absolute atomic E-state index is 4.06. The highest BCUT2D eigenvalue weighted by Crippen LogP contribution is 2.16. The molecule has 0 aliphatic carbocycles. The average molecular weight is 241 g/mol. The zero-order valence-corrected chi connectivity index (χ0v) is 10.7. The van der Waals surface area contributed by atoms with E-state index in [9.17, 15) is 0 Å². The summed E-state index contributed by atoms with van der Waals surface area (Å²) in [6.45, 7) is 5.94. The number of hydrogen-bond acceptors (Lipinski definition) is 2. The number of imidazole rings is 1. The minimum absolute atomic E-state index is 0.445. The lowest BCUT2D eigenvalue weighted by Crippen LogP contribution is -2.14. The first kappa shape index (κ1) is 12.4. The minimum atomic E-state index is 0.445. The van der Waals surface area contributed by atoms with Gasteiger partial charge in [0.1, 0.15) is 0 Å². The normalized spacial score (nSPS) is 12.1. The van der Waals surface area contributed by atoms with Gasteiger partial charge in [-0.05, 0) is 38.0 Å². The number of allylic oxidation sites excluding steroid dienone is 1. The second kappa shape index (κ2) is 6.05. The minimum Gasteiger partial charge on any atom is -0.383 e. The first-order valence-electron chi connectivity index (χ1n) is 6.25. The van der Waals surface area contributed by atoms with Gasteiger partial charge in [-0.3, -0.25) is 0 Å². The van der Waals surface area contributed by atoms with Gasteiger partial charge in [0.15, 0.2) is 0 Å². The molecule has 1 N–H and O–H groups in total. The molecule has 3 nitrogen and oxygen atoms in total. The molecule has 0 aliphatic heterocycles. The van der Waals surface area contributed by atoms with Crippen LogP contribution in [0, 0.1) is 0 Å². The molecule has 94 valence electrons. The fraction of sp³-hybridized carbons (Fsp3) is 0.267. The molecule has 0 radical (unpaired) electrons. The Kier molecular flexibility index (Phi) is 4.18. The van der Waals surface area contributed by atoms with Crippen LogP contribution in [-0.4, -0.2) is 15.6 Å². The molecule has 1 aromatic heterocycles. The molecule has 1 unspecified atom stereocenters. The van der Waals surface area contributed by atoms with E-state index in [-0.39, 0.29) is 0 Å². The van der Waals surface area contributed by atoms with Crippen molar-refractivity contribution < 1.29 is 0 Å². The number of rotatable bonds is 6. The summed E-state index contributed by atoms with van der Waals surface area (Å²) in [4.78, 5) is 4.06. The quantitative estimate of drug-likeness (QED) is 0.782. The van der Waals surface area contributed by atoms with Gasteiger partial charge in [0.05, 0.1) is 6.33 Å². The lowest BCUT2D eigenvalue weighted by atomic mass is 10.1. The van der Waals surface area contributed by atoms with Crippen LogP contribution in [0.2, 0.25) is 0 Å². The van der Waals surface area contributed by atoms with Crippen LogP contribution in [0.3, 0.4) is 0 Å². The molecule has 1 aromatic carbocycles. The fourth-order valence-electron chi connectivity index (χ4n) is 1.89. The van der Waals surface area contributed by atoms with Crippen molar-refractivity contribution in [3.05, 3.63) is 55.6 Å². The SMILES string of the molecule is C=CCCC(C)Nc1cccc(-n2ccnc2)c1. The lowest BCUT2D eigenvalue weighted by Gasteiger charge is -2.15. The highest BCUT2D eigenvalue weighted by Gasteiger charge is 2.02. The van der Waals surface area contributed by atoms with Gasteiger partial charge < -0.3 is 9.88 Å². The predicted octanol–water partition coefficient (Wildman–Crippen LogP) is 3.64. The summed E-state index contributed by atoms with van der Waals surface area (Å²) in [5, 5.41) is 3.50. The van der Waals surface area contributed by atoms with E-state index in [0.29, 0.717) is 6.04 Å². The molecule has 1 heterocycles. The predicted molar refractivity (Wildman–Crippen MR) is 76.1 cm³/mol. The van der Waals surface area contributed by atoms with Crippen LogP contribution in [0.4, 0.5) is 5.69 Å². The highest BCUT2D eigenvalue weighted by molar-refractivity contribution is 5.51. The largest absolute Gasteiger partial charge is 0.383 e. The summed E-state index contributed by atoms with van der Waals surface area (Å²) in [7, 11) is 0. The Morgan fingerprint density at radius 3 is 3.11 bits per heavy atom. The highest BCUT2D eigenvalue weighted by atomic mass is 15.0. The van der Waals surface area contributed by atoms with Crippen LogP contribution in [0.15, 0.2) is 55.6 Å². The standard InChI is InChI=1S/C15H19N3/c1-3-4-6-13(2)17-14-7-5-8-15(11-14)18-10-9-16-12-18/h3,5,7-13,17H,1,4,6H2,2H3. The van der Waals surface area contributed by atoms with Crippen molar-refractivity contribution in [1.29, 1.82) is 0 Å². The van der Waals surface area contributed by atoms with E-state index in [2.05, 4.69) is 48.1 Å². The Hall–Kier alpha value is -2.03. The van der Waals surface area contributed by atoms with Gasteiger partial charge in [-0.15, -0.1) is 6.58 Å². The van der Waals surface area contributed by atoms with E-state index in [1.165, 1.54) is 0 Å². The zero-order valence-electron chi connectivity index (χ0n) is 10.7. The van der Waals surface area contributed by atoms with Crippen molar-refractivity contribution in [2.24, 2.45) is 0 Å². The smallest absolute Gasteiger partial charge is 0.0991 e. The van der Waals surface area contributed by atoms with E-state index < -0.39 is 0 Å². The van der Waals surface area contributed by atoms with E-state index in [1.54, 1.807) is 12.5 Å². The molecule has 0 saturated carbocycles. The summed E-state index contributed by atoms with van der Waals surface area (Å²) >= 11 is 0. The fourth-order valence-corrected chi connectivity index (χ4v) is 1.89. The molecule has 1 atom stereocenters. The second-order valence-corrected chi connectivity index (χ2v) is 4.43. The van der Waals surface area contributed by atoms with E-state index in [1.807, 2.05) is 16.8 Å². The third kappa shape index (κ3) is 3.23. The van der Waals surface area contributed by atoms with Crippen molar-refractivity contribution in [3.63, 3.8) is 0 Å². The Labute approximate surface area is 108 Å². The van der Waals surface area contributed by atoms with Gasteiger partial charge in [0, 0.05) is 29.8 Å². The van der Waals surface area contributed by atoms with Crippen molar-refractivity contribution in [3.8, 4) is 5.69 Å². The first-order valence-corrected chi connectivity index (χ1v) is 6.25. The maximum Gasteiger partial charge on any atom is 0.0991 e. The van der Waals surface area contributed by atoms with Crippen LogP contribution in [0.1, 0.15) is 19.8 Å². The number of nitrogens with one attached hydrogen (secondary N) is 1. The maximum atomic E-state index is 4.06. The van der Waals surface area contributed by atoms with Crippen LogP contribution in [0.5, 0.6) is 0 Å². The zero-order chi connectivity index (χ0) is 12.8. The van der Waals surface area contributed by atoms with Gasteiger partial charge >= 0.3 is 0 Å². The van der Waals surface area contributed by atoms with Gasteiger partial charge in [-0.1, -0.05) is 12.1 Å². The second-order valence-electron chi connectivity index (χ2n) is 4.43. The summed E-state index contributed by atoms with van der Waals surface area (Å²) in [5.74, 6) is 0. The Morgan fingerprint density at radius 1 is 1.50 bits per heavy atom. The molecule has 0 spiro atoms. The molecule has 0 amide bonds. The van der Waals surface area contributed by atoms with Crippen molar-refractivity contribution in [1.82, 2.24) is 9.55 Å². The van der Waals surface area contributed by atoms with Crippen molar-refractivity contribution in [2.45, 2.75) is 25.8 Å². The van der Waals surface area contributed by atoms with Gasteiger partial charge in [-0.25, -0.2) is 4.98 Å². The molecule has 0 bridgehead atoms. The molecule has 0 fully saturated rings. The Balaban J connectivity index is 2.06. The first-order chi connectivity index (χ1) is 8.79. The molecule has 18 heavy (non-hydrogen) atoms. The third-order valence-corrected chi connectivity index (χ3v) is 2.87. The number of anilines is 1. The molecular weight excluding hydrogens is 222 g/mol. The number of aromatic nitrogens is 2. The monoisotopic (exact) mass is 241 g/mol. The van der Waals surface area contributed by atoms with Crippen LogP contribution in [-0.2, 0) is 0 Å². The Bertz CT molecular complexity index is 488. The Morgan fingerprint density at radius 2 is 2.39 bits per heavy atom. The van der Waals surface area contributed by atoms with Crippen LogP contribution < -0.4 is 5.32 Å². The van der Waals surface area contributed by atoms with Crippen LogP contribution in [0.25, 0.3) is 5.69 Å². The molecule has 0 aliphatic rings. The van der Waals surface area contributed by atoms with Crippen molar-refractivity contribution in [2.75, 3.05) is 5.32 Å². The topological polar surface area (TPSA) is 29.9 Å². The van der Waals surface area contributed by atoms with E-state index >= 15 is 0 Å². The third-order valence-electron chi connectivity index (χ3n) is 2.87. The number of benzene rings is 1. The molecule has 2 rings (SSSR count). The van der Waals surface area contributed by atoms with E-state index in [0.717, 1.165) is 24.2 Å². The average Bonchev–Trinajstić information content (AvgIpc) is 2.90. The van der Waals surface area contributed by atoms with E-state index in [4.69, 9.17) is 0 Å². The summed E-state index contributed by atoms with van der Waals surface area (Å²) in [6.07, 6.45) is 9.63. The molecular formula is C15H19N3. The lowest BCUT2D eigenvalue weighted by molar-refractivity contribution is 0.719. The summed E-state index contributed by atoms with van der Waals surface area (Å²) in [5.41, 5.74) is 2.26. The van der Waals surface area contributed by atoms with Gasteiger partial charge in [0.2, 0.25) is 0 Å². The molecule has 0 saturated heterocycles. The van der Waals surface area contributed by atoms with Crippen LogP contribution >= 0.6 is 0 Å². The summed E-state index contributed by atoms with van der Waals surface area (Å²) in [6, 6.07) is 8.79. The number of hydrogen-bond donors (Lipinski definition) is 1. The van der Waals surface area contributed by atoms with Crippen molar-refractivity contribution >= 4 is 5.69 Å².